The third-order valence-corrected chi connectivity index (χ3v) is 3.21. The molecule has 0 saturated carbocycles. The maximum atomic E-state index is 12.2. The lowest BCUT2D eigenvalue weighted by Crippen LogP contribution is -2.43. The largest absolute Gasteiger partial charge is 0.394 e. The van der Waals surface area contributed by atoms with E-state index >= 15 is 0 Å². The number of H-pyrrole nitrogens is 1. The molecule has 6 heteroatoms. The maximum absolute atomic E-state index is 12.2. The number of amides is 1. The van der Waals surface area contributed by atoms with Crippen LogP contribution >= 0.6 is 0 Å². The molecule has 0 aliphatic rings. The molecule has 0 spiro atoms. The Labute approximate surface area is 118 Å². The fourth-order valence-electron chi connectivity index (χ4n) is 1.81. The molecular weight excluding hydrogens is 258 g/mol. The molecule has 112 valence electrons. The Hall–Kier alpha value is -1.69. The van der Waals surface area contributed by atoms with Gasteiger partial charge in [0, 0.05) is 5.92 Å². The van der Waals surface area contributed by atoms with Crippen molar-refractivity contribution in [1.82, 2.24) is 15.3 Å². The topological polar surface area (TPSA) is 95.1 Å². The summed E-state index contributed by atoms with van der Waals surface area (Å²) in [5.74, 6) is 0.219. The molecule has 0 radical (unpaired) electrons. The average Bonchev–Trinajstić information content (AvgIpc) is 2.34. The SMILES string of the molecule is Cc1nc(C(C)C)[nH]c(=O)c1C(=O)N[C@H](CO)C(C)C. The number of nitrogens with one attached hydrogen (secondary N) is 2. The third kappa shape index (κ3) is 3.66. The Bertz CT molecular complexity index is 535. The fourth-order valence-corrected chi connectivity index (χ4v) is 1.81. The average molecular weight is 281 g/mol. The predicted molar refractivity (Wildman–Crippen MR) is 76.9 cm³/mol. The lowest BCUT2D eigenvalue weighted by molar-refractivity contribution is 0.0894. The zero-order valence-corrected chi connectivity index (χ0v) is 12.7. The second kappa shape index (κ2) is 6.65. The van der Waals surface area contributed by atoms with Gasteiger partial charge in [0.15, 0.2) is 0 Å². The van der Waals surface area contributed by atoms with Crippen LogP contribution in [0.2, 0.25) is 0 Å². The number of aromatic nitrogens is 2. The van der Waals surface area contributed by atoms with Crippen LogP contribution in [0.4, 0.5) is 0 Å². The molecule has 0 aliphatic heterocycles. The first-order chi connectivity index (χ1) is 9.27. The zero-order valence-electron chi connectivity index (χ0n) is 12.7. The van der Waals surface area contributed by atoms with Crippen molar-refractivity contribution in [3.63, 3.8) is 0 Å². The third-order valence-electron chi connectivity index (χ3n) is 3.21. The number of hydrogen-bond donors (Lipinski definition) is 3. The Balaban J connectivity index is 3.08. The van der Waals surface area contributed by atoms with Gasteiger partial charge < -0.3 is 15.4 Å². The molecule has 1 aromatic heterocycles. The minimum Gasteiger partial charge on any atom is -0.394 e. The van der Waals surface area contributed by atoms with E-state index in [0.717, 1.165) is 0 Å². The lowest BCUT2D eigenvalue weighted by atomic mass is 10.0. The number of rotatable bonds is 5. The van der Waals surface area contributed by atoms with Gasteiger partial charge in [0.25, 0.3) is 11.5 Å². The summed E-state index contributed by atoms with van der Waals surface area (Å²) in [5, 5.41) is 11.9. The summed E-state index contributed by atoms with van der Waals surface area (Å²) in [6.07, 6.45) is 0. The highest BCUT2D eigenvalue weighted by Crippen LogP contribution is 2.09. The van der Waals surface area contributed by atoms with Crippen molar-refractivity contribution >= 4 is 5.91 Å². The second-order valence-electron chi connectivity index (χ2n) is 5.57. The van der Waals surface area contributed by atoms with Gasteiger partial charge in [0.1, 0.15) is 11.4 Å². The first-order valence-electron chi connectivity index (χ1n) is 6.80. The molecule has 0 aliphatic carbocycles. The highest BCUT2D eigenvalue weighted by atomic mass is 16.3. The van der Waals surface area contributed by atoms with Crippen LogP contribution in [0.15, 0.2) is 4.79 Å². The molecule has 1 amide bonds. The Kier molecular flexibility index (Phi) is 5.44. The van der Waals surface area contributed by atoms with Gasteiger partial charge in [-0.05, 0) is 12.8 Å². The van der Waals surface area contributed by atoms with Crippen molar-refractivity contribution < 1.29 is 9.90 Å². The molecule has 0 fully saturated rings. The van der Waals surface area contributed by atoms with E-state index in [1.807, 2.05) is 27.7 Å². The zero-order chi connectivity index (χ0) is 15.4. The predicted octanol–water partition coefficient (Wildman–Crippen LogP) is 0.948. The van der Waals surface area contributed by atoms with Crippen LogP contribution in [0.5, 0.6) is 0 Å². The van der Waals surface area contributed by atoms with Crippen molar-refractivity contribution in [3.8, 4) is 0 Å². The summed E-state index contributed by atoms with van der Waals surface area (Å²) in [4.78, 5) is 31.1. The molecule has 1 heterocycles. The minimum absolute atomic E-state index is 0.00787. The number of aliphatic hydroxyl groups excluding tert-OH is 1. The molecule has 0 aromatic carbocycles. The van der Waals surface area contributed by atoms with E-state index < -0.39 is 11.5 Å². The maximum Gasteiger partial charge on any atom is 0.264 e. The van der Waals surface area contributed by atoms with Gasteiger partial charge in [-0.2, -0.15) is 0 Å². The normalized spacial score (nSPS) is 12.8. The van der Waals surface area contributed by atoms with Crippen LogP contribution in [0.25, 0.3) is 0 Å². The molecule has 1 rings (SSSR count). The summed E-state index contributed by atoms with van der Waals surface area (Å²) in [6, 6.07) is -0.383. The molecular formula is C14H23N3O3. The van der Waals surface area contributed by atoms with E-state index in [1.54, 1.807) is 6.92 Å². The van der Waals surface area contributed by atoms with E-state index in [4.69, 9.17) is 0 Å². The minimum atomic E-state index is -0.501. The Morgan fingerprint density at radius 3 is 2.35 bits per heavy atom. The monoisotopic (exact) mass is 281 g/mol. The number of carbonyl (C=O) groups is 1. The number of aliphatic hydroxyl groups is 1. The number of carbonyl (C=O) groups excluding carboxylic acids is 1. The van der Waals surface area contributed by atoms with Crippen molar-refractivity contribution in [3.05, 3.63) is 27.4 Å². The highest BCUT2D eigenvalue weighted by molar-refractivity contribution is 5.95. The van der Waals surface area contributed by atoms with Gasteiger partial charge in [-0.25, -0.2) is 4.98 Å². The summed E-state index contributed by atoms with van der Waals surface area (Å²) in [7, 11) is 0. The first kappa shape index (κ1) is 16.4. The molecule has 3 N–H and O–H groups in total. The lowest BCUT2D eigenvalue weighted by Gasteiger charge is -2.20. The molecule has 0 saturated heterocycles. The van der Waals surface area contributed by atoms with Gasteiger partial charge in [0.05, 0.1) is 18.3 Å². The highest BCUT2D eigenvalue weighted by Gasteiger charge is 2.21. The van der Waals surface area contributed by atoms with Gasteiger partial charge in [-0.1, -0.05) is 27.7 Å². The smallest absolute Gasteiger partial charge is 0.264 e. The Morgan fingerprint density at radius 2 is 1.95 bits per heavy atom. The van der Waals surface area contributed by atoms with Crippen molar-refractivity contribution in [2.45, 2.75) is 46.6 Å². The van der Waals surface area contributed by atoms with E-state index in [2.05, 4.69) is 15.3 Å². The number of aromatic amines is 1. The van der Waals surface area contributed by atoms with Gasteiger partial charge >= 0.3 is 0 Å². The van der Waals surface area contributed by atoms with E-state index in [1.165, 1.54) is 0 Å². The van der Waals surface area contributed by atoms with Crippen LogP contribution in [-0.2, 0) is 0 Å². The molecule has 1 aromatic rings. The molecule has 6 nitrogen and oxygen atoms in total. The van der Waals surface area contributed by atoms with E-state index in [-0.39, 0.29) is 30.0 Å². The number of nitrogens with zero attached hydrogens (tertiary/aromatic N) is 1. The number of aryl methyl sites for hydroxylation is 1. The quantitative estimate of drug-likeness (QED) is 0.748. The van der Waals surface area contributed by atoms with E-state index in [9.17, 15) is 14.7 Å². The summed E-state index contributed by atoms with van der Waals surface area (Å²) >= 11 is 0. The van der Waals surface area contributed by atoms with Crippen LogP contribution in [-0.4, -0.2) is 33.6 Å². The molecule has 0 bridgehead atoms. The van der Waals surface area contributed by atoms with Crippen LogP contribution in [0.3, 0.4) is 0 Å². The van der Waals surface area contributed by atoms with Gasteiger partial charge in [-0.3, -0.25) is 9.59 Å². The van der Waals surface area contributed by atoms with Crippen molar-refractivity contribution in [2.75, 3.05) is 6.61 Å². The summed E-state index contributed by atoms with van der Waals surface area (Å²) in [6.45, 7) is 9.07. The standard InChI is InChI=1S/C14H23N3O3/c1-7(2)10(6-18)16-13(19)11-9(5)15-12(8(3)4)17-14(11)20/h7-8,10,18H,6H2,1-5H3,(H,16,19)(H,15,17,20)/t10-/m1/s1. The molecule has 20 heavy (non-hydrogen) atoms. The van der Waals surface area contributed by atoms with Gasteiger partial charge in [-0.15, -0.1) is 0 Å². The van der Waals surface area contributed by atoms with Crippen LogP contribution in [0.1, 0.15) is 55.5 Å². The van der Waals surface area contributed by atoms with Crippen molar-refractivity contribution in [2.24, 2.45) is 5.92 Å². The second-order valence-corrected chi connectivity index (χ2v) is 5.57. The molecule has 1 atom stereocenters. The van der Waals surface area contributed by atoms with Crippen LogP contribution < -0.4 is 10.9 Å². The van der Waals surface area contributed by atoms with Crippen LogP contribution in [0, 0.1) is 12.8 Å². The Morgan fingerprint density at radius 1 is 1.35 bits per heavy atom. The number of hydrogen-bond acceptors (Lipinski definition) is 4. The summed E-state index contributed by atoms with van der Waals surface area (Å²) in [5.41, 5.74) is -0.0389. The van der Waals surface area contributed by atoms with Gasteiger partial charge in [0.2, 0.25) is 0 Å². The first-order valence-corrected chi connectivity index (χ1v) is 6.80. The summed E-state index contributed by atoms with van der Waals surface area (Å²) < 4.78 is 0. The molecule has 0 unspecified atom stereocenters. The fraction of sp³-hybridized carbons (Fsp3) is 0.643. The van der Waals surface area contributed by atoms with E-state index in [0.29, 0.717) is 11.5 Å². The van der Waals surface area contributed by atoms with Crippen molar-refractivity contribution in [1.29, 1.82) is 0 Å².